The highest BCUT2D eigenvalue weighted by Crippen LogP contribution is 2.02. The zero-order valence-corrected chi connectivity index (χ0v) is 6.77. The molecule has 0 aliphatic carbocycles. The van der Waals surface area contributed by atoms with Gasteiger partial charge >= 0.3 is 0 Å². The van der Waals surface area contributed by atoms with Crippen LogP contribution in [0.5, 0.6) is 0 Å². The molecule has 0 amide bonds. The average Bonchev–Trinajstić information content (AvgIpc) is 2.05. The van der Waals surface area contributed by atoms with Crippen molar-refractivity contribution in [3.05, 3.63) is 48.3 Å². The number of aliphatic hydroxyl groups excluding tert-OH is 1. The maximum atomic E-state index is 8.72. The molecule has 0 aromatic heterocycles. The van der Waals surface area contributed by atoms with E-state index in [-0.39, 0.29) is 5.76 Å². The van der Waals surface area contributed by atoms with Crippen LogP contribution >= 0.6 is 0 Å². The van der Waals surface area contributed by atoms with E-state index in [9.17, 15) is 0 Å². The molecule has 2 heteroatoms. The van der Waals surface area contributed by atoms with Gasteiger partial charge in [0.25, 0.3) is 0 Å². The van der Waals surface area contributed by atoms with Gasteiger partial charge < -0.3 is 5.11 Å². The lowest BCUT2D eigenvalue weighted by Gasteiger charge is -1.98. The number of allylic oxidation sites excluding steroid dienone is 4. The molecule has 0 bridgehead atoms. The van der Waals surface area contributed by atoms with E-state index in [1.54, 1.807) is 18.4 Å². The predicted molar refractivity (Wildman–Crippen MR) is 51.5 cm³/mol. The number of nitrogens with zero attached hydrogens (tertiary/aromatic N) is 1. The summed E-state index contributed by atoms with van der Waals surface area (Å²) in [6.07, 6.45) is 10.8. The van der Waals surface area contributed by atoms with Crippen LogP contribution in [0.25, 0.3) is 0 Å². The number of dihydropyridines is 1. The van der Waals surface area contributed by atoms with E-state index in [4.69, 9.17) is 5.11 Å². The molecule has 1 aliphatic rings. The van der Waals surface area contributed by atoms with Crippen molar-refractivity contribution in [2.45, 2.75) is 0 Å². The smallest absolute Gasteiger partial charge is 0.108 e. The van der Waals surface area contributed by atoms with Crippen molar-refractivity contribution in [3.8, 4) is 0 Å². The molecular weight excluding hydrogens is 150 g/mol. The summed E-state index contributed by atoms with van der Waals surface area (Å²) >= 11 is 0. The van der Waals surface area contributed by atoms with Crippen molar-refractivity contribution >= 4 is 6.21 Å². The summed E-state index contributed by atoms with van der Waals surface area (Å²) in [5, 5.41) is 8.72. The van der Waals surface area contributed by atoms with Crippen LogP contribution in [0.3, 0.4) is 0 Å². The second-order valence-electron chi connectivity index (χ2n) is 2.44. The van der Waals surface area contributed by atoms with Gasteiger partial charge in [-0.05, 0) is 17.7 Å². The van der Waals surface area contributed by atoms with Gasteiger partial charge in [-0.15, -0.1) is 0 Å². The third-order valence-corrected chi connectivity index (χ3v) is 1.37. The molecule has 2 nitrogen and oxygen atoms in total. The van der Waals surface area contributed by atoms with E-state index in [2.05, 4.69) is 11.6 Å². The maximum absolute atomic E-state index is 8.72. The fraction of sp³-hybridized carbons (Fsp3) is 0.100. The second-order valence-corrected chi connectivity index (χ2v) is 2.44. The lowest BCUT2D eigenvalue weighted by atomic mass is 10.2. The highest BCUT2D eigenvalue weighted by Gasteiger charge is 1.90. The standard InChI is InChI=1S/C10H11NO/c1-9(12)4-2-5-10-6-3-7-11-8-10/h2-7,12H,1,8H2/b4-2-,10-5-. The summed E-state index contributed by atoms with van der Waals surface area (Å²) in [5.74, 6) is 0.0649. The molecule has 0 radical (unpaired) electrons. The minimum atomic E-state index is 0.0649. The first-order valence-electron chi connectivity index (χ1n) is 3.70. The molecule has 1 heterocycles. The van der Waals surface area contributed by atoms with Crippen LogP contribution in [0.2, 0.25) is 0 Å². The Hall–Kier alpha value is -1.57. The Morgan fingerprint density at radius 3 is 3.08 bits per heavy atom. The first kappa shape index (κ1) is 8.53. The molecule has 1 aliphatic heterocycles. The fourth-order valence-corrected chi connectivity index (χ4v) is 0.829. The lowest BCUT2D eigenvalue weighted by molar-refractivity contribution is 0.435. The van der Waals surface area contributed by atoms with Crippen LogP contribution in [-0.4, -0.2) is 17.9 Å². The van der Waals surface area contributed by atoms with Crippen LogP contribution in [-0.2, 0) is 0 Å². The van der Waals surface area contributed by atoms with E-state index in [0.29, 0.717) is 6.54 Å². The number of hydrogen-bond donors (Lipinski definition) is 1. The minimum Gasteiger partial charge on any atom is -0.509 e. The first-order valence-corrected chi connectivity index (χ1v) is 3.70. The zero-order chi connectivity index (χ0) is 8.81. The number of aliphatic imine (C=N–C) groups is 1. The molecular formula is C10H11NO. The van der Waals surface area contributed by atoms with E-state index >= 15 is 0 Å². The van der Waals surface area contributed by atoms with Gasteiger partial charge in [0.1, 0.15) is 5.76 Å². The van der Waals surface area contributed by atoms with Gasteiger partial charge in [0.2, 0.25) is 0 Å². The van der Waals surface area contributed by atoms with Crippen LogP contribution in [0.1, 0.15) is 0 Å². The van der Waals surface area contributed by atoms with Crippen LogP contribution < -0.4 is 0 Å². The minimum absolute atomic E-state index is 0.0649. The Balaban J connectivity index is 2.53. The SMILES string of the molecule is C=C(O)/C=C\C=C1\C=CC=NC1. The molecule has 0 unspecified atom stereocenters. The second kappa shape index (κ2) is 4.34. The molecule has 1 rings (SSSR count). The Labute approximate surface area is 71.9 Å². The van der Waals surface area contributed by atoms with E-state index in [1.807, 2.05) is 18.2 Å². The molecule has 0 aromatic rings. The molecule has 0 atom stereocenters. The van der Waals surface area contributed by atoms with E-state index < -0.39 is 0 Å². The largest absolute Gasteiger partial charge is 0.509 e. The molecule has 1 N–H and O–H groups in total. The lowest BCUT2D eigenvalue weighted by Crippen LogP contribution is -1.89. The normalized spacial score (nSPS) is 19.2. The molecule has 0 aromatic carbocycles. The van der Waals surface area contributed by atoms with Crippen molar-refractivity contribution in [1.29, 1.82) is 0 Å². The third-order valence-electron chi connectivity index (χ3n) is 1.37. The van der Waals surface area contributed by atoms with Crippen molar-refractivity contribution < 1.29 is 5.11 Å². The molecule has 62 valence electrons. The maximum Gasteiger partial charge on any atom is 0.108 e. The highest BCUT2D eigenvalue weighted by molar-refractivity contribution is 5.73. The number of hydrogen-bond acceptors (Lipinski definition) is 2. The van der Waals surface area contributed by atoms with Gasteiger partial charge in [-0.25, -0.2) is 0 Å². The van der Waals surface area contributed by atoms with Crippen LogP contribution in [0, 0.1) is 0 Å². The van der Waals surface area contributed by atoms with Crippen LogP contribution in [0.4, 0.5) is 0 Å². The Morgan fingerprint density at radius 1 is 1.67 bits per heavy atom. The Kier molecular flexibility index (Phi) is 3.08. The van der Waals surface area contributed by atoms with Crippen LogP contribution in [0.15, 0.2) is 53.3 Å². The van der Waals surface area contributed by atoms with E-state index in [0.717, 1.165) is 5.57 Å². The average molecular weight is 161 g/mol. The topological polar surface area (TPSA) is 32.6 Å². The van der Waals surface area contributed by atoms with Crippen molar-refractivity contribution in [1.82, 2.24) is 0 Å². The Bertz CT molecular complexity index is 282. The van der Waals surface area contributed by atoms with Gasteiger partial charge in [0.15, 0.2) is 0 Å². The quantitative estimate of drug-likeness (QED) is 0.488. The summed E-state index contributed by atoms with van der Waals surface area (Å²) < 4.78 is 0. The molecule has 0 fully saturated rings. The number of aliphatic hydroxyl groups is 1. The zero-order valence-electron chi connectivity index (χ0n) is 6.77. The molecule has 0 saturated carbocycles. The summed E-state index contributed by atoms with van der Waals surface area (Å²) in [4.78, 5) is 4.06. The van der Waals surface area contributed by atoms with Crippen molar-refractivity contribution in [2.75, 3.05) is 6.54 Å². The molecule has 12 heavy (non-hydrogen) atoms. The Morgan fingerprint density at radius 2 is 2.50 bits per heavy atom. The van der Waals surface area contributed by atoms with Gasteiger partial charge in [-0.1, -0.05) is 24.8 Å². The van der Waals surface area contributed by atoms with Crippen molar-refractivity contribution in [3.63, 3.8) is 0 Å². The van der Waals surface area contributed by atoms with Gasteiger partial charge in [0.05, 0.1) is 6.54 Å². The summed E-state index contributed by atoms with van der Waals surface area (Å²) in [6, 6.07) is 0. The molecule has 0 saturated heterocycles. The number of rotatable bonds is 2. The van der Waals surface area contributed by atoms with Gasteiger partial charge in [-0.2, -0.15) is 0 Å². The first-order chi connectivity index (χ1) is 5.79. The molecule has 0 spiro atoms. The fourth-order valence-electron chi connectivity index (χ4n) is 0.829. The van der Waals surface area contributed by atoms with Gasteiger partial charge in [0, 0.05) is 6.21 Å². The third kappa shape index (κ3) is 3.01. The van der Waals surface area contributed by atoms with Gasteiger partial charge in [-0.3, -0.25) is 4.99 Å². The monoisotopic (exact) mass is 161 g/mol. The summed E-state index contributed by atoms with van der Waals surface area (Å²) in [7, 11) is 0. The predicted octanol–water partition coefficient (Wildman–Crippen LogP) is 2.18. The van der Waals surface area contributed by atoms with E-state index in [1.165, 1.54) is 0 Å². The summed E-state index contributed by atoms with van der Waals surface area (Å²) in [5.41, 5.74) is 1.12. The highest BCUT2D eigenvalue weighted by atomic mass is 16.3. The van der Waals surface area contributed by atoms with Crippen molar-refractivity contribution in [2.24, 2.45) is 4.99 Å². The summed E-state index contributed by atoms with van der Waals surface area (Å²) in [6.45, 7) is 4.04.